The van der Waals surface area contributed by atoms with Crippen molar-refractivity contribution in [3.63, 3.8) is 0 Å². The highest BCUT2D eigenvalue weighted by atomic mass is 35.5. The molecule has 1 rings (SSSR count). The molecule has 0 saturated carbocycles. The van der Waals surface area contributed by atoms with Gasteiger partial charge < -0.3 is 10.5 Å². The number of hydrogen-bond acceptors (Lipinski definition) is 5. The van der Waals surface area contributed by atoms with Crippen LogP contribution in [0.4, 0.5) is 0 Å². The first-order chi connectivity index (χ1) is 7.47. The Labute approximate surface area is 108 Å². The molecule has 0 atom stereocenters. The summed E-state index contributed by atoms with van der Waals surface area (Å²) < 4.78 is 27.7. The van der Waals surface area contributed by atoms with E-state index in [-0.39, 0.29) is 17.4 Å². The lowest BCUT2D eigenvalue weighted by Gasteiger charge is -2.06. The van der Waals surface area contributed by atoms with Crippen LogP contribution in [0.15, 0.2) is 17.2 Å². The third-order valence-corrected chi connectivity index (χ3v) is 3.07. The minimum atomic E-state index is -3.31. The summed E-state index contributed by atoms with van der Waals surface area (Å²) in [5.41, 5.74) is 6.28. The van der Waals surface area contributed by atoms with Gasteiger partial charge in [-0.25, -0.2) is 13.4 Å². The Morgan fingerprint density at radius 1 is 1.41 bits per heavy atom. The molecule has 0 aliphatic carbocycles. The molecule has 0 spiro atoms. The van der Waals surface area contributed by atoms with Crippen molar-refractivity contribution >= 4 is 22.2 Å². The highest BCUT2D eigenvalue weighted by molar-refractivity contribution is 7.90. The molecule has 17 heavy (non-hydrogen) atoms. The molecule has 98 valence electrons. The summed E-state index contributed by atoms with van der Waals surface area (Å²) in [5.74, 6) is 0.315. The monoisotopic (exact) mass is 280 g/mol. The van der Waals surface area contributed by atoms with Crippen LogP contribution in [0.25, 0.3) is 0 Å². The Balaban J connectivity index is 0.00000256. The first kappa shape index (κ1) is 16.1. The first-order valence-corrected chi connectivity index (χ1v) is 6.81. The zero-order valence-electron chi connectivity index (χ0n) is 9.84. The second kappa shape index (κ2) is 6.78. The van der Waals surface area contributed by atoms with Gasteiger partial charge in [-0.1, -0.05) is 0 Å². The average molecular weight is 281 g/mol. The van der Waals surface area contributed by atoms with Crippen molar-refractivity contribution in [2.75, 3.05) is 19.9 Å². The van der Waals surface area contributed by atoms with Crippen LogP contribution < -0.4 is 10.5 Å². The van der Waals surface area contributed by atoms with Crippen LogP contribution in [0.1, 0.15) is 12.0 Å². The summed E-state index contributed by atoms with van der Waals surface area (Å²) in [4.78, 5) is 3.89. The van der Waals surface area contributed by atoms with Gasteiger partial charge in [-0.05, 0) is 31.0 Å². The van der Waals surface area contributed by atoms with Crippen molar-refractivity contribution in [3.05, 3.63) is 17.7 Å². The molecule has 0 bridgehead atoms. The van der Waals surface area contributed by atoms with Crippen LogP contribution in [0.2, 0.25) is 0 Å². The largest absolute Gasteiger partial charge is 0.481 e. The zero-order chi connectivity index (χ0) is 12.2. The number of sulfone groups is 1. The lowest BCUT2D eigenvalue weighted by Crippen LogP contribution is -2.05. The van der Waals surface area contributed by atoms with Gasteiger partial charge in [-0.15, -0.1) is 12.4 Å². The topological polar surface area (TPSA) is 82.3 Å². The predicted octanol–water partition coefficient (Wildman–Crippen LogP) is 0.807. The molecule has 1 heterocycles. The van der Waals surface area contributed by atoms with Gasteiger partial charge in [0.2, 0.25) is 5.88 Å². The average Bonchev–Trinajstić information content (AvgIpc) is 2.24. The third-order valence-electron chi connectivity index (χ3n) is 2.10. The number of aromatic nitrogens is 1. The summed E-state index contributed by atoms with van der Waals surface area (Å²) in [7, 11) is -1.85. The van der Waals surface area contributed by atoms with Crippen LogP contribution in [-0.4, -0.2) is 33.3 Å². The molecule has 0 radical (unpaired) electrons. The van der Waals surface area contributed by atoms with E-state index in [9.17, 15) is 8.42 Å². The number of aryl methyl sites for hydroxylation is 1. The maximum absolute atomic E-state index is 11.4. The van der Waals surface area contributed by atoms with Gasteiger partial charge in [0.15, 0.2) is 14.9 Å². The van der Waals surface area contributed by atoms with Gasteiger partial charge in [0.25, 0.3) is 0 Å². The van der Waals surface area contributed by atoms with Crippen molar-refractivity contribution in [1.29, 1.82) is 0 Å². The van der Waals surface area contributed by atoms with Gasteiger partial charge in [0, 0.05) is 12.3 Å². The molecule has 1 aromatic rings. The second-order valence-corrected chi connectivity index (χ2v) is 5.48. The smallest absolute Gasteiger partial charge is 0.214 e. The predicted molar refractivity (Wildman–Crippen MR) is 68.5 cm³/mol. The molecule has 0 aliphatic heterocycles. The van der Waals surface area contributed by atoms with E-state index in [1.165, 1.54) is 7.11 Å². The van der Waals surface area contributed by atoms with Crippen LogP contribution >= 0.6 is 12.4 Å². The third kappa shape index (κ3) is 4.89. The van der Waals surface area contributed by atoms with Gasteiger partial charge in [-0.2, -0.15) is 0 Å². The van der Waals surface area contributed by atoms with Gasteiger partial charge in [0.1, 0.15) is 0 Å². The maximum Gasteiger partial charge on any atom is 0.214 e. The minimum Gasteiger partial charge on any atom is -0.481 e. The van der Waals surface area contributed by atoms with Gasteiger partial charge >= 0.3 is 0 Å². The molecule has 0 aliphatic rings. The van der Waals surface area contributed by atoms with Crippen LogP contribution in [-0.2, 0) is 16.3 Å². The molecule has 0 amide bonds. The number of nitrogens with zero attached hydrogens (tertiary/aromatic N) is 1. The maximum atomic E-state index is 11.4. The van der Waals surface area contributed by atoms with Crippen LogP contribution in [0, 0.1) is 0 Å². The first-order valence-electron chi connectivity index (χ1n) is 4.92. The fraction of sp³-hybridized carbons (Fsp3) is 0.500. The summed E-state index contributed by atoms with van der Waals surface area (Å²) >= 11 is 0. The quantitative estimate of drug-likeness (QED) is 0.863. The number of ether oxygens (including phenoxy) is 1. The normalized spacial score (nSPS) is 10.8. The lowest BCUT2D eigenvalue weighted by atomic mass is 10.1. The Morgan fingerprint density at radius 3 is 2.53 bits per heavy atom. The highest BCUT2D eigenvalue weighted by Crippen LogP contribution is 2.17. The van der Waals surface area contributed by atoms with Crippen molar-refractivity contribution in [3.8, 4) is 5.88 Å². The number of hydrogen-bond donors (Lipinski definition) is 1. The second-order valence-electron chi connectivity index (χ2n) is 3.52. The van der Waals surface area contributed by atoms with Crippen LogP contribution in [0.5, 0.6) is 5.88 Å². The van der Waals surface area contributed by atoms with Crippen molar-refractivity contribution in [2.24, 2.45) is 5.73 Å². The van der Waals surface area contributed by atoms with E-state index in [0.29, 0.717) is 12.4 Å². The van der Waals surface area contributed by atoms with E-state index in [0.717, 1.165) is 24.7 Å². The Hall–Kier alpha value is -0.850. The van der Waals surface area contributed by atoms with Gasteiger partial charge in [-0.3, -0.25) is 0 Å². The standard InChI is InChI=1S/C10H16N2O3S.ClH/c1-15-9-6-8(4-3-5-11)7-10(12-9)16(2,13)14;/h6-7H,3-5,11H2,1-2H3;1H. The van der Waals surface area contributed by atoms with Crippen molar-refractivity contribution in [1.82, 2.24) is 4.98 Å². The zero-order valence-corrected chi connectivity index (χ0v) is 11.5. The number of nitrogens with two attached hydrogens (primary N) is 1. The Kier molecular flexibility index (Phi) is 6.44. The molecule has 0 aromatic carbocycles. The number of halogens is 1. The van der Waals surface area contributed by atoms with E-state index in [1.54, 1.807) is 12.1 Å². The Bertz CT molecular complexity index is 463. The summed E-state index contributed by atoms with van der Waals surface area (Å²) in [5, 5.41) is 0.0406. The molecular formula is C10H17ClN2O3S. The van der Waals surface area contributed by atoms with E-state index in [4.69, 9.17) is 10.5 Å². The SMILES string of the molecule is COc1cc(CCCN)cc(S(C)(=O)=O)n1.Cl. The van der Waals surface area contributed by atoms with Gasteiger partial charge in [0.05, 0.1) is 7.11 Å². The lowest BCUT2D eigenvalue weighted by molar-refractivity contribution is 0.393. The fourth-order valence-corrected chi connectivity index (χ4v) is 1.90. The number of pyridine rings is 1. The van der Waals surface area contributed by atoms with Crippen LogP contribution in [0.3, 0.4) is 0 Å². The van der Waals surface area contributed by atoms with Crippen molar-refractivity contribution < 1.29 is 13.2 Å². The number of methoxy groups -OCH3 is 1. The molecule has 1 aromatic heterocycles. The minimum absolute atomic E-state index is 0. The van der Waals surface area contributed by atoms with E-state index >= 15 is 0 Å². The van der Waals surface area contributed by atoms with E-state index < -0.39 is 9.84 Å². The number of rotatable bonds is 5. The molecule has 7 heteroatoms. The molecule has 5 nitrogen and oxygen atoms in total. The highest BCUT2D eigenvalue weighted by Gasteiger charge is 2.12. The summed E-state index contributed by atoms with van der Waals surface area (Å²) in [6, 6.07) is 3.29. The summed E-state index contributed by atoms with van der Waals surface area (Å²) in [6.07, 6.45) is 2.65. The molecule has 2 N–H and O–H groups in total. The summed E-state index contributed by atoms with van der Waals surface area (Å²) in [6.45, 7) is 0.568. The molecule has 0 fully saturated rings. The molecular weight excluding hydrogens is 264 g/mol. The van der Waals surface area contributed by atoms with E-state index in [1.807, 2.05) is 0 Å². The molecule has 0 saturated heterocycles. The van der Waals surface area contributed by atoms with E-state index in [2.05, 4.69) is 4.98 Å². The molecule has 0 unspecified atom stereocenters. The van der Waals surface area contributed by atoms with Crippen molar-refractivity contribution in [2.45, 2.75) is 17.9 Å². The fourth-order valence-electron chi connectivity index (χ4n) is 1.28. The Morgan fingerprint density at radius 2 is 2.06 bits per heavy atom.